The van der Waals surface area contributed by atoms with Gasteiger partial charge in [-0.3, -0.25) is 4.68 Å². The van der Waals surface area contributed by atoms with Crippen molar-refractivity contribution in [3.63, 3.8) is 0 Å². The molecule has 6 nitrogen and oxygen atoms in total. The maximum absolute atomic E-state index is 13.0. The molecule has 0 saturated carbocycles. The van der Waals surface area contributed by atoms with Crippen LogP contribution in [-0.2, 0) is 16.2 Å². The number of alkyl halides is 3. The molecule has 3 rings (SSSR count). The molecule has 0 N–H and O–H groups in total. The lowest BCUT2D eigenvalue weighted by atomic mass is 10.1. The second-order valence-corrected chi connectivity index (χ2v) is 7.37. The lowest BCUT2D eigenvalue weighted by Gasteiger charge is -2.32. The van der Waals surface area contributed by atoms with Gasteiger partial charge in [-0.2, -0.15) is 22.6 Å². The zero-order valence-electron chi connectivity index (χ0n) is 12.5. The maximum atomic E-state index is 13.0. The van der Waals surface area contributed by atoms with E-state index in [1.807, 2.05) is 0 Å². The molecule has 1 aliphatic heterocycles. The summed E-state index contributed by atoms with van der Waals surface area (Å²) in [4.78, 5) is 3.84. The van der Waals surface area contributed by atoms with Crippen molar-refractivity contribution in [3.05, 3.63) is 42.4 Å². The predicted octanol–water partition coefficient (Wildman–Crippen LogP) is 2.32. The summed E-state index contributed by atoms with van der Waals surface area (Å²) in [7, 11) is -3.83. The minimum absolute atomic E-state index is 0.0658. The Morgan fingerprint density at radius 3 is 2.62 bits per heavy atom. The molecule has 1 unspecified atom stereocenters. The van der Waals surface area contributed by atoms with Crippen molar-refractivity contribution in [2.45, 2.75) is 30.1 Å². The second kappa shape index (κ2) is 6.17. The van der Waals surface area contributed by atoms with E-state index in [0.29, 0.717) is 12.8 Å². The number of hydrogen-bond donors (Lipinski definition) is 0. The molecule has 1 fully saturated rings. The van der Waals surface area contributed by atoms with Crippen molar-refractivity contribution in [2.75, 3.05) is 13.1 Å². The van der Waals surface area contributed by atoms with Gasteiger partial charge >= 0.3 is 6.18 Å². The highest BCUT2D eigenvalue weighted by Crippen LogP contribution is 2.33. The Balaban J connectivity index is 1.87. The van der Waals surface area contributed by atoms with Gasteiger partial charge in [0.15, 0.2) is 5.03 Å². The molecule has 0 amide bonds. The number of halogens is 3. The first kappa shape index (κ1) is 16.9. The van der Waals surface area contributed by atoms with Crippen molar-refractivity contribution < 1.29 is 21.6 Å². The molecule has 24 heavy (non-hydrogen) atoms. The maximum Gasteiger partial charge on any atom is 0.433 e. The van der Waals surface area contributed by atoms with Crippen LogP contribution in [0.1, 0.15) is 24.6 Å². The molecule has 3 heterocycles. The molecule has 130 valence electrons. The molecular weight excluding hydrogens is 345 g/mol. The van der Waals surface area contributed by atoms with E-state index in [4.69, 9.17) is 0 Å². The first-order valence-corrected chi connectivity index (χ1v) is 8.76. The molecule has 2 aromatic rings. The number of nitrogens with zero attached hydrogens (tertiary/aromatic N) is 4. The molecule has 10 heteroatoms. The van der Waals surface area contributed by atoms with Crippen molar-refractivity contribution in [1.82, 2.24) is 19.1 Å². The first-order valence-electron chi connectivity index (χ1n) is 7.32. The molecule has 1 saturated heterocycles. The van der Waals surface area contributed by atoms with E-state index in [1.165, 1.54) is 16.6 Å². The van der Waals surface area contributed by atoms with Gasteiger partial charge in [0.2, 0.25) is 0 Å². The van der Waals surface area contributed by atoms with Crippen LogP contribution in [0.4, 0.5) is 13.2 Å². The van der Waals surface area contributed by atoms with Gasteiger partial charge in [-0.25, -0.2) is 13.4 Å². The van der Waals surface area contributed by atoms with Crippen molar-refractivity contribution in [2.24, 2.45) is 0 Å². The van der Waals surface area contributed by atoms with Gasteiger partial charge in [-0.15, -0.1) is 0 Å². The third-order valence-electron chi connectivity index (χ3n) is 3.91. The van der Waals surface area contributed by atoms with Gasteiger partial charge in [0.1, 0.15) is 5.69 Å². The molecule has 1 atom stereocenters. The van der Waals surface area contributed by atoms with E-state index < -0.39 is 27.9 Å². The molecule has 0 radical (unpaired) electrons. The number of piperidine rings is 1. The zero-order valence-corrected chi connectivity index (χ0v) is 13.3. The predicted molar refractivity (Wildman–Crippen MR) is 78.5 cm³/mol. The van der Waals surface area contributed by atoms with Crippen LogP contribution in [0.3, 0.4) is 0 Å². The highest BCUT2D eigenvalue weighted by molar-refractivity contribution is 7.89. The largest absolute Gasteiger partial charge is 0.433 e. The summed E-state index contributed by atoms with van der Waals surface area (Å²) in [6.45, 7) is 0.182. The van der Waals surface area contributed by atoms with Crippen LogP contribution in [0.5, 0.6) is 0 Å². The fraction of sp³-hybridized carbons (Fsp3) is 0.429. The summed E-state index contributed by atoms with van der Waals surface area (Å²) in [5, 5.41) is 3.65. The lowest BCUT2D eigenvalue weighted by molar-refractivity contribution is -0.145. The fourth-order valence-corrected chi connectivity index (χ4v) is 4.25. The normalized spacial score (nSPS) is 20.2. The Morgan fingerprint density at radius 1 is 1.17 bits per heavy atom. The molecular formula is C14H15F3N4O2S. The van der Waals surface area contributed by atoms with Gasteiger partial charge in [0.25, 0.3) is 10.0 Å². The Bertz CT molecular complexity index is 805. The van der Waals surface area contributed by atoms with Crippen LogP contribution in [0.2, 0.25) is 0 Å². The monoisotopic (exact) mass is 360 g/mol. The van der Waals surface area contributed by atoms with Crippen molar-refractivity contribution >= 4 is 10.0 Å². The van der Waals surface area contributed by atoms with Crippen LogP contribution in [-0.4, -0.2) is 40.6 Å². The van der Waals surface area contributed by atoms with Crippen molar-refractivity contribution in [3.8, 4) is 0 Å². The Kier molecular flexibility index (Phi) is 4.35. The van der Waals surface area contributed by atoms with Crippen molar-refractivity contribution in [1.29, 1.82) is 0 Å². The summed E-state index contributed by atoms with van der Waals surface area (Å²) in [6.07, 6.45) is -1.20. The quantitative estimate of drug-likeness (QED) is 0.842. The molecule has 0 spiro atoms. The number of pyridine rings is 1. The minimum Gasteiger partial charge on any atom is -0.256 e. The van der Waals surface area contributed by atoms with Crippen LogP contribution in [0.15, 0.2) is 41.7 Å². The van der Waals surface area contributed by atoms with E-state index in [1.54, 1.807) is 12.1 Å². The molecule has 1 aliphatic rings. The fourth-order valence-electron chi connectivity index (χ4n) is 2.80. The lowest BCUT2D eigenvalue weighted by Crippen LogP contribution is -2.41. The minimum atomic E-state index is -4.53. The molecule has 2 aromatic heterocycles. The Morgan fingerprint density at radius 2 is 1.96 bits per heavy atom. The number of aromatic nitrogens is 3. The van der Waals surface area contributed by atoms with E-state index in [0.717, 1.165) is 16.9 Å². The SMILES string of the molecule is O=S(=O)(c1ccccn1)N1CCCC(n2nccc2C(F)(F)F)C1. The van der Waals surface area contributed by atoms with Gasteiger partial charge in [0, 0.05) is 25.5 Å². The average molecular weight is 360 g/mol. The Hall–Kier alpha value is -1.94. The smallest absolute Gasteiger partial charge is 0.256 e. The van der Waals surface area contributed by atoms with E-state index in [2.05, 4.69) is 10.1 Å². The third kappa shape index (κ3) is 3.16. The number of sulfonamides is 1. The number of rotatable bonds is 3. The van der Waals surface area contributed by atoms with E-state index >= 15 is 0 Å². The van der Waals surface area contributed by atoms with E-state index in [-0.39, 0.29) is 18.1 Å². The number of hydrogen-bond acceptors (Lipinski definition) is 4. The topological polar surface area (TPSA) is 68.1 Å². The molecule has 0 bridgehead atoms. The Labute approximate surface area is 137 Å². The van der Waals surface area contributed by atoms with E-state index in [9.17, 15) is 21.6 Å². The molecule has 0 aromatic carbocycles. The van der Waals surface area contributed by atoms with Crippen LogP contribution in [0, 0.1) is 0 Å². The summed E-state index contributed by atoms with van der Waals surface area (Å²) in [5.41, 5.74) is -0.871. The molecule has 0 aliphatic carbocycles. The second-order valence-electron chi connectivity index (χ2n) is 5.49. The third-order valence-corrected chi connectivity index (χ3v) is 5.69. The summed E-state index contributed by atoms with van der Waals surface area (Å²) < 4.78 is 66.3. The highest BCUT2D eigenvalue weighted by atomic mass is 32.2. The van der Waals surface area contributed by atoms with Crippen LogP contribution >= 0.6 is 0 Å². The highest BCUT2D eigenvalue weighted by Gasteiger charge is 2.39. The summed E-state index contributed by atoms with van der Waals surface area (Å²) >= 11 is 0. The van der Waals surface area contributed by atoms with Gasteiger partial charge in [0.05, 0.1) is 6.04 Å². The standard InChI is InChI=1S/C14H15F3N4O2S/c15-14(16,17)12-6-8-19-21(12)11-4-3-9-20(10-11)24(22,23)13-5-1-2-7-18-13/h1-2,5-8,11H,3-4,9-10H2. The van der Waals surface area contributed by atoms with Crippen LogP contribution < -0.4 is 0 Å². The average Bonchev–Trinajstić information content (AvgIpc) is 3.06. The zero-order chi connectivity index (χ0) is 17.4. The summed E-state index contributed by atoms with van der Waals surface area (Å²) in [5.74, 6) is 0. The van der Waals surface area contributed by atoms with Gasteiger partial charge in [-0.05, 0) is 31.0 Å². The van der Waals surface area contributed by atoms with Crippen LogP contribution in [0.25, 0.3) is 0 Å². The van der Waals surface area contributed by atoms with Gasteiger partial charge in [-0.1, -0.05) is 6.07 Å². The summed E-state index contributed by atoms with van der Waals surface area (Å²) in [6, 6.07) is 4.75. The first-order chi connectivity index (χ1) is 11.3. The van der Waals surface area contributed by atoms with Gasteiger partial charge < -0.3 is 0 Å².